The lowest BCUT2D eigenvalue weighted by atomic mass is 9.94. The van der Waals surface area contributed by atoms with Crippen LogP contribution < -0.4 is 14.2 Å². The maximum Gasteiger partial charge on any atom is 0.125 e. The summed E-state index contributed by atoms with van der Waals surface area (Å²) >= 11 is 0. The van der Waals surface area contributed by atoms with Gasteiger partial charge in [0.1, 0.15) is 23.0 Å². The van der Waals surface area contributed by atoms with Crippen molar-refractivity contribution in [2.24, 2.45) is 0 Å². The van der Waals surface area contributed by atoms with E-state index in [0.717, 1.165) is 33.2 Å². The molecule has 0 aliphatic carbocycles. The van der Waals surface area contributed by atoms with Gasteiger partial charge in [-0.2, -0.15) is 0 Å². The molecule has 0 saturated heterocycles. The van der Waals surface area contributed by atoms with Gasteiger partial charge in [-0.1, -0.05) is 12.1 Å². The Bertz CT molecular complexity index is 1050. The molecule has 0 bridgehead atoms. The SMILES string of the molecule is COc1ccc2ccc(O)c(CN3Cc4c(OC)ccc(OC)c4[C@H](O)C3)c2c1. The third-order valence-electron chi connectivity index (χ3n) is 5.56. The van der Waals surface area contributed by atoms with E-state index in [-0.39, 0.29) is 5.75 Å². The highest BCUT2D eigenvalue weighted by Gasteiger charge is 2.30. The van der Waals surface area contributed by atoms with Crippen LogP contribution in [0.1, 0.15) is 22.8 Å². The molecule has 3 aromatic rings. The first-order chi connectivity index (χ1) is 14.0. The van der Waals surface area contributed by atoms with Crippen molar-refractivity contribution in [3.63, 3.8) is 0 Å². The summed E-state index contributed by atoms with van der Waals surface area (Å²) in [6.07, 6.45) is -0.713. The van der Waals surface area contributed by atoms with Gasteiger partial charge in [0, 0.05) is 36.3 Å². The number of ether oxygens (including phenoxy) is 3. The molecule has 0 unspecified atom stereocenters. The van der Waals surface area contributed by atoms with Gasteiger partial charge in [-0.15, -0.1) is 0 Å². The summed E-state index contributed by atoms with van der Waals surface area (Å²) in [6, 6.07) is 13.1. The first-order valence-corrected chi connectivity index (χ1v) is 9.48. The molecule has 6 heteroatoms. The van der Waals surface area contributed by atoms with Gasteiger partial charge >= 0.3 is 0 Å². The number of rotatable bonds is 5. The van der Waals surface area contributed by atoms with Crippen LogP contribution in [0, 0.1) is 0 Å². The minimum absolute atomic E-state index is 0.226. The summed E-state index contributed by atoms with van der Waals surface area (Å²) in [5.74, 6) is 2.34. The summed E-state index contributed by atoms with van der Waals surface area (Å²) in [6.45, 7) is 1.48. The number of phenolic OH excluding ortho intramolecular Hbond substituents is 1. The smallest absolute Gasteiger partial charge is 0.125 e. The number of benzene rings is 3. The van der Waals surface area contributed by atoms with Gasteiger partial charge in [-0.25, -0.2) is 0 Å². The fourth-order valence-electron chi connectivity index (χ4n) is 4.13. The maximum absolute atomic E-state index is 10.8. The lowest BCUT2D eigenvalue weighted by Crippen LogP contribution is -2.33. The Kier molecular flexibility index (Phi) is 5.22. The van der Waals surface area contributed by atoms with Crippen LogP contribution in [0.2, 0.25) is 0 Å². The molecule has 1 heterocycles. The van der Waals surface area contributed by atoms with Gasteiger partial charge in [0.15, 0.2) is 0 Å². The van der Waals surface area contributed by atoms with Crippen LogP contribution in [0.25, 0.3) is 10.8 Å². The third-order valence-corrected chi connectivity index (χ3v) is 5.56. The largest absolute Gasteiger partial charge is 0.508 e. The number of fused-ring (bicyclic) bond motifs is 2. The second-order valence-electron chi connectivity index (χ2n) is 7.20. The van der Waals surface area contributed by atoms with Crippen LogP contribution in [-0.2, 0) is 13.1 Å². The average molecular weight is 395 g/mol. The molecular weight excluding hydrogens is 370 g/mol. The quantitative estimate of drug-likeness (QED) is 0.688. The standard InChI is InChI=1S/C23H25NO5/c1-27-15-6-4-14-5-7-19(25)17(16(14)10-15)11-24-12-18-21(28-2)8-9-22(29-3)23(18)20(26)13-24/h4-10,20,25-26H,11-13H2,1-3H3/t20-/m1/s1. The van der Waals surface area contributed by atoms with E-state index in [9.17, 15) is 10.2 Å². The Hall–Kier alpha value is -2.96. The number of nitrogens with zero attached hydrogens (tertiary/aromatic N) is 1. The number of aromatic hydroxyl groups is 1. The van der Waals surface area contributed by atoms with Crippen LogP contribution in [-0.4, -0.2) is 43.0 Å². The van der Waals surface area contributed by atoms with E-state index < -0.39 is 6.10 Å². The van der Waals surface area contributed by atoms with Gasteiger partial charge < -0.3 is 24.4 Å². The van der Waals surface area contributed by atoms with Crippen molar-refractivity contribution in [1.82, 2.24) is 4.90 Å². The molecule has 4 rings (SSSR count). The van der Waals surface area contributed by atoms with E-state index in [1.165, 1.54) is 0 Å². The van der Waals surface area contributed by atoms with Gasteiger partial charge in [0.25, 0.3) is 0 Å². The van der Waals surface area contributed by atoms with Crippen molar-refractivity contribution in [1.29, 1.82) is 0 Å². The lowest BCUT2D eigenvalue weighted by molar-refractivity contribution is 0.0841. The Balaban J connectivity index is 1.73. The Morgan fingerprint density at radius 2 is 1.69 bits per heavy atom. The number of aliphatic hydroxyl groups excluding tert-OH is 1. The normalized spacial score (nSPS) is 16.5. The van der Waals surface area contributed by atoms with Crippen LogP contribution >= 0.6 is 0 Å². The minimum Gasteiger partial charge on any atom is -0.508 e. The second-order valence-corrected chi connectivity index (χ2v) is 7.20. The highest BCUT2D eigenvalue weighted by molar-refractivity contribution is 5.89. The summed E-state index contributed by atoms with van der Waals surface area (Å²) in [5.41, 5.74) is 2.48. The molecule has 1 atom stereocenters. The van der Waals surface area contributed by atoms with E-state index in [0.29, 0.717) is 31.1 Å². The molecule has 0 radical (unpaired) electrons. The van der Waals surface area contributed by atoms with E-state index in [4.69, 9.17) is 14.2 Å². The van der Waals surface area contributed by atoms with Gasteiger partial charge in [0.05, 0.1) is 27.4 Å². The number of methoxy groups -OCH3 is 3. The highest BCUT2D eigenvalue weighted by Crippen LogP contribution is 2.40. The fourth-order valence-corrected chi connectivity index (χ4v) is 4.13. The number of aliphatic hydroxyl groups is 1. The predicted molar refractivity (Wildman–Crippen MR) is 111 cm³/mol. The zero-order valence-electron chi connectivity index (χ0n) is 16.8. The first kappa shape index (κ1) is 19.4. The van der Waals surface area contributed by atoms with E-state index in [1.807, 2.05) is 36.4 Å². The van der Waals surface area contributed by atoms with Crippen molar-refractivity contribution in [3.05, 3.63) is 59.2 Å². The molecule has 1 aliphatic heterocycles. The molecule has 152 valence electrons. The van der Waals surface area contributed by atoms with Crippen molar-refractivity contribution in [2.45, 2.75) is 19.2 Å². The molecular formula is C23H25NO5. The van der Waals surface area contributed by atoms with Crippen LogP contribution in [0.4, 0.5) is 0 Å². The van der Waals surface area contributed by atoms with Crippen molar-refractivity contribution >= 4 is 10.8 Å². The summed E-state index contributed by atoms with van der Waals surface area (Å²) in [5, 5.41) is 23.4. The molecule has 0 fully saturated rings. The monoisotopic (exact) mass is 395 g/mol. The van der Waals surface area contributed by atoms with Gasteiger partial charge in [-0.3, -0.25) is 4.90 Å². The highest BCUT2D eigenvalue weighted by atomic mass is 16.5. The first-order valence-electron chi connectivity index (χ1n) is 9.48. The molecule has 29 heavy (non-hydrogen) atoms. The van der Waals surface area contributed by atoms with E-state index >= 15 is 0 Å². The molecule has 2 N–H and O–H groups in total. The third kappa shape index (κ3) is 3.45. The lowest BCUT2D eigenvalue weighted by Gasteiger charge is -2.34. The Labute approximate surface area is 169 Å². The number of hydrogen-bond donors (Lipinski definition) is 2. The van der Waals surface area contributed by atoms with Gasteiger partial charge in [0.2, 0.25) is 0 Å². The van der Waals surface area contributed by atoms with E-state index in [1.54, 1.807) is 27.4 Å². The Morgan fingerprint density at radius 1 is 0.966 bits per heavy atom. The maximum atomic E-state index is 10.8. The topological polar surface area (TPSA) is 71.4 Å². The number of β-amino-alcohol motifs (C(OH)–C–C–N with tert-alkyl or cyclic N) is 1. The van der Waals surface area contributed by atoms with Crippen molar-refractivity contribution in [3.8, 4) is 23.0 Å². The van der Waals surface area contributed by atoms with Gasteiger partial charge in [-0.05, 0) is 41.1 Å². The second kappa shape index (κ2) is 7.81. The van der Waals surface area contributed by atoms with E-state index in [2.05, 4.69) is 4.90 Å². The molecule has 0 saturated carbocycles. The minimum atomic E-state index is -0.713. The van der Waals surface area contributed by atoms with Crippen LogP contribution in [0.5, 0.6) is 23.0 Å². The summed E-state index contributed by atoms with van der Waals surface area (Å²) in [7, 11) is 4.85. The number of phenols is 1. The average Bonchev–Trinajstić information content (AvgIpc) is 2.74. The summed E-state index contributed by atoms with van der Waals surface area (Å²) in [4.78, 5) is 2.10. The zero-order valence-corrected chi connectivity index (χ0v) is 16.8. The molecule has 0 spiro atoms. The summed E-state index contributed by atoms with van der Waals surface area (Å²) < 4.78 is 16.3. The zero-order chi connectivity index (χ0) is 20.5. The molecule has 6 nitrogen and oxygen atoms in total. The van der Waals surface area contributed by atoms with Crippen LogP contribution in [0.15, 0.2) is 42.5 Å². The fraction of sp³-hybridized carbons (Fsp3) is 0.304. The van der Waals surface area contributed by atoms with Crippen LogP contribution in [0.3, 0.4) is 0 Å². The van der Waals surface area contributed by atoms with Crippen molar-refractivity contribution < 1.29 is 24.4 Å². The molecule has 3 aromatic carbocycles. The molecule has 1 aliphatic rings. The number of hydrogen-bond acceptors (Lipinski definition) is 6. The molecule has 0 aromatic heterocycles. The Morgan fingerprint density at radius 3 is 2.41 bits per heavy atom. The molecule has 0 amide bonds. The predicted octanol–water partition coefficient (Wildman–Crippen LogP) is 3.62. The van der Waals surface area contributed by atoms with Crippen molar-refractivity contribution in [2.75, 3.05) is 27.9 Å².